The summed E-state index contributed by atoms with van der Waals surface area (Å²) < 4.78 is 1.59. The van der Waals surface area contributed by atoms with Gasteiger partial charge in [0.05, 0.1) is 5.52 Å². The van der Waals surface area contributed by atoms with Crippen LogP contribution in [-0.4, -0.2) is 27.7 Å². The Bertz CT molecular complexity index is 1030. The van der Waals surface area contributed by atoms with Crippen LogP contribution in [0, 0.1) is 0 Å². The van der Waals surface area contributed by atoms with E-state index in [0.29, 0.717) is 5.56 Å². The van der Waals surface area contributed by atoms with Gasteiger partial charge in [0.2, 0.25) is 5.91 Å². The van der Waals surface area contributed by atoms with E-state index >= 15 is 0 Å². The number of carbonyl (C=O) groups is 2. The van der Waals surface area contributed by atoms with Gasteiger partial charge in [-0.3, -0.25) is 14.2 Å². The summed E-state index contributed by atoms with van der Waals surface area (Å²) in [6.07, 6.45) is 6.70. The number of hydrogen-bond donors (Lipinski definition) is 2. The first-order chi connectivity index (χ1) is 12.6. The number of para-hydroxylation sites is 1. The van der Waals surface area contributed by atoms with Crippen molar-refractivity contribution in [3.8, 4) is 5.75 Å². The van der Waals surface area contributed by atoms with Crippen molar-refractivity contribution in [2.45, 2.75) is 6.92 Å². The molecule has 2 N–H and O–H groups in total. The highest BCUT2D eigenvalue weighted by molar-refractivity contribution is 5.98. The zero-order valence-electron chi connectivity index (χ0n) is 14.1. The summed E-state index contributed by atoms with van der Waals surface area (Å²) in [5.41, 5.74) is 4.42. The van der Waals surface area contributed by atoms with Crippen LogP contribution in [0.1, 0.15) is 27.6 Å². The van der Waals surface area contributed by atoms with Crippen LogP contribution in [0.2, 0.25) is 0 Å². The van der Waals surface area contributed by atoms with Crippen molar-refractivity contribution < 1.29 is 14.7 Å². The zero-order valence-corrected chi connectivity index (χ0v) is 14.1. The molecule has 130 valence electrons. The van der Waals surface area contributed by atoms with Crippen molar-refractivity contribution in [2.24, 2.45) is 5.10 Å². The second-order valence-corrected chi connectivity index (χ2v) is 5.62. The van der Waals surface area contributed by atoms with E-state index in [9.17, 15) is 14.7 Å². The first-order valence-electron chi connectivity index (χ1n) is 7.96. The van der Waals surface area contributed by atoms with Crippen LogP contribution in [0.3, 0.4) is 0 Å². The maximum atomic E-state index is 11.9. The number of nitrogens with zero attached hydrogens (tertiary/aromatic N) is 2. The van der Waals surface area contributed by atoms with Crippen molar-refractivity contribution in [1.82, 2.24) is 9.99 Å². The highest BCUT2D eigenvalue weighted by Crippen LogP contribution is 2.22. The smallest absolute Gasteiger partial charge is 0.271 e. The molecule has 26 heavy (non-hydrogen) atoms. The molecule has 0 radical (unpaired) electrons. The molecule has 0 atom stereocenters. The normalized spacial score (nSPS) is 11.4. The molecule has 0 bridgehead atoms. The van der Waals surface area contributed by atoms with Gasteiger partial charge < -0.3 is 5.11 Å². The first kappa shape index (κ1) is 17.2. The van der Waals surface area contributed by atoms with E-state index in [0.717, 1.165) is 16.5 Å². The summed E-state index contributed by atoms with van der Waals surface area (Å²) in [7, 11) is 0. The van der Waals surface area contributed by atoms with Crippen LogP contribution in [-0.2, 0) is 0 Å². The fraction of sp³-hybridized carbons (Fsp3) is 0.0500. The summed E-state index contributed by atoms with van der Waals surface area (Å²) in [4.78, 5) is 23.6. The Kier molecular flexibility index (Phi) is 4.94. The van der Waals surface area contributed by atoms with Crippen LogP contribution in [0.25, 0.3) is 17.0 Å². The second kappa shape index (κ2) is 7.48. The van der Waals surface area contributed by atoms with Gasteiger partial charge in [-0.25, -0.2) is 5.43 Å². The van der Waals surface area contributed by atoms with Gasteiger partial charge in [0.25, 0.3) is 5.91 Å². The molecule has 6 heteroatoms. The Morgan fingerprint density at radius 1 is 1.15 bits per heavy atom. The van der Waals surface area contributed by atoms with Gasteiger partial charge in [-0.05, 0) is 30.3 Å². The lowest BCUT2D eigenvalue weighted by Gasteiger charge is -1.99. The fourth-order valence-electron chi connectivity index (χ4n) is 2.60. The predicted molar refractivity (Wildman–Crippen MR) is 101 cm³/mol. The van der Waals surface area contributed by atoms with Gasteiger partial charge >= 0.3 is 0 Å². The van der Waals surface area contributed by atoms with Crippen molar-refractivity contribution in [3.05, 3.63) is 71.9 Å². The lowest BCUT2D eigenvalue weighted by molar-refractivity contribution is 0.0937. The Balaban J connectivity index is 1.71. The minimum Gasteiger partial charge on any atom is -0.508 e. The van der Waals surface area contributed by atoms with Crippen molar-refractivity contribution in [2.75, 3.05) is 0 Å². The largest absolute Gasteiger partial charge is 0.508 e. The number of fused-ring (bicyclic) bond motifs is 1. The molecule has 1 heterocycles. The van der Waals surface area contributed by atoms with Gasteiger partial charge in [0, 0.05) is 35.8 Å². The number of rotatable bonds is 4. The quantitative estimate of drug-likeness (QED) is 0.560. The number of phenols is 1. The van der Waals surface area contributed by atoms with Gasteiger partial charge in [-0.2, -0.15) is 5.10 Å². The van der Waals surface area contributed by atoms with Gasteiger partial charge in [-0.15, -0.1) is 0 Å². The van der Waals surface area contributed by atoms with E-state index in [2.05, 4.69) is 10.5 Å². The average Bonchev–Trinajstić information content (AvgIpc) is 3.00. The maximum absolute atomic E-state index is 11.9. The topological polar surface area (TPSA) is 83.7 Å². The van der Waals surface area contributed by atoms with Crippen LogP contribution in [0.4, 0.5) is 0 Å². The van der Waals surface area contributed by atoms with Crippen LogP contribution in [0.5, 0.6) is 5.75 Å². The molecule has 3 aromatic rings. The highest BCUT2D eigenvalue weighted by Gasteiger charge is 2.08. The Hall–Kier alpha value is -3.67. The maximum Gasteiger partial charge on any atom is 0.271 e. The van der Waals surface area contributed by atoms with E-state index in [4.69, 9.17) is 0 Å². The Morgan fingerprint density at radius 2 is 1.96 bits per heavy atom. The molecule has 6 nitrogen and oxygen atoms in total. The van der Waals surface area contributed by atoms with Crippen molar-refractivity contribution in [1.29, 1.82) is 0 Å². The molecule has 3 rings (SSSR count). The number of benzene rings is 2. The predicted octanol–water partition coefficient (Wildman–Crippen LogP) is 3.44. The first-order valence-corrected chi connectivity index (χ1v) is 7.96. The minimum absolute atomic E-state index is 0.0170. The van der Waals surface area contributed by atoms with E-state index in [1.54, 1.807) is 29.0 Å². The number of nitrogens with one attached hydrogen (secondary N) is 1. The van der Waals surface area contributed by atoms with Crippen LogP contribution >= 0.6 is 0 Å². The average molecular weight is 347 g/mol. The third-order valence-electron chi connectivity index (χ3n) is 3.79. The second-order valence-electron chi connectivity index (χ2n) is 5.62. The summed E-state index contributed by atoms with van der Waals surface area (Å²) in [5.74, 6) is -0.463. The molecular formula is C20H17N3O3. The number of phenolic OH excluding ortho intramolecular Hbond substituents is 1. The minimum atomic E-state index is -0.418. The number of hydrogen-bond acceptors (Lipinski definition) is 4. The molecule has 0 aliphatic heterocycles. The SMILES string of the molecule is CC(=O)n1cc(/C=C/C=N/NC(=O)c2cccc(O)c2)c2ccccc21. The Morgan fingerprint density at radius 3 is 2.73 bits per heavy atom. The number of hydrazone groups is 1. The third-order valence-corrected chi connectivity index (χ3v) is 3.79. The molecule has 1 aromatic heterocycles. The van der Waals surface area contributed by atoms with Gasteiger partial charge in [0.1, 0.15) is 5.75 Å². The lowest BCUT2D eigenvalue weighted by Crippen LogP contribution is -2.17. The number of carbonyl (C=O) groups excluding carboxylic acids is 2. The van der Waals surface area contributed by atoms with Gasteiger partial charge in [-0.1, -0.05) is 30.3 Å². The standard InChI is InChI=1S/C20H17N3O3/c1-14(24)23-13-16(18-9-2-3-10-19(18)23)7-5-11-21-22-20(26)15-6-4-8-17(25)12-15/h2-13,25H,1H3,(H,22,26)/b7-5+,21-11+. The highest BCUT2D eigenvalue weighted by atomic mass is 16.3. The van der Waals surface area contributed by atoms with Crippen LogP contribution < -0.4 is 5.43 Å². The number of amides is 1. The summed E-state index contributed by atoms with van der Waals surface area (Å²) >= 11 is 0. The summed E-state index contributed by atoms with van der Waals surface area (Å²) in [5, 5.41) is 14.2. The third kappa shape index (κ3) is 3.70. The molecule has 0 aliphatic carbocycles. The molecule has 0 saturated heterocycles. The van der Waals surface area contributed by atoms with Crippen molar-refractivity contribution in [3.63, 3.8) is 0 Å². The van der Waals surface area contributed by atoms with E-state index in [-0.39, 0.29) is 11.7 Å². The molecular weight excluding hydrogens is 330 g/mol. The summed E-state index contributed by atoms with van der Waals surface area (Å²) in [6, 6.07) is 13.6. The number of aromatic hydroxyl groups is 1. The van der Waals surface area contributed by atoms with Crippen molar-refractivity contribution >= 4 is 35.0 Å². The van der Waals surface area contributed by atoms with E-state index in [1.807, 2.05) is 30.3 Å². The lowest BCUT2D eigenvalue weighted by atomic mass is 10.1. The molecule has 0 aliphatic rings. The molecule has 2 aromatic carbocycles. The number of aromatic nitrogens is 1. The fourth-order valence-corrected chi connectivity index (χ4v) is 2.60. The molecule has 0 saturated carbocycles. The molecule has 0 unspecified atom stereocenters. The molecule has 0 fully saturated rings. The monoisotopic (exact) mass is 347 g/mol. The summed E-state index contributed by atoms with van der Waals surface area (Å²) in [6.45, 7) is 1.51. The Labute approximate surface area is 150 Å². The van der Waals surface area contributed by atoms with Gasteiger partial charge in [0.15, 0.2) is 0 Å². The molecule has 0 spiro atoms. The zero-order chi connectivity index (χ0) is 18.5. The molecule has 1 amide bonds. The van der Waals surface area contributed by atoms with Crippen LogP contribution in [0.15, 0.2) is 65.9 Å². The van der Waals surface area contributed by atoms with E-state index < -0.39 is 5.91 Å². The number of allylic oxidation sites excluding steroid dienone is 1. The van der Waals surface area contributed by atoms with E-state index in [1.165, 1.54) is 25.3 Å².